The highest BCUT2D eigenvalue weighted by atomic mass is 35.5. The first-order valence-electron chi connectivity index (χ1n) is 9.64. The summed E-state index contributed by atoms with van der Waals surface area (Å²) >= 11 is 18.7. The number of carbonyl (C=O) groups excluding carboxylic acids is 1. The van der Waals surface area contributed by atoms with Gasteiger partial charge >= 0.3 is 0 Å². The lowest BCUT2D eigenvalue weighted by molar-refractivity contribution is -0.113. The topological polar surface area (TPSA) is 38.8 Å². The van der Waals surface area contributed by atoms with Crippen LogP contribution in [0.2, 0.25) is 10.0 Å². The van der Waals surface area contributed by atoms with Gasteiger partial charge < -0.3 is 9.47 Å². The summed E-state index contributed by atoms with van der Waals surface area (Å²) in [6, 6.07) is 16.3. The fourth-order valence-electron chi connectivity index (χ4n) is 3.10. The van der Waals surface area contributed by atoms with Gasteiger partial charge in [-0.15, -0.1) is 0 Å². The largest absolute Gasteiger partial charge is 0.493 e. The van der Waals surface area contributed by atoms with Crippen molar-refractivity contribution < 1.29 is 18.7 Å². The van der Waals surface area contributed by atoms with Crippen molar-refractivity contribution in [1.29, 1.82) is 0 Å². The van der Waals surface area contributed by atoms with Gasteiger partial charge in [0.1, 0.15) is 12.4 Å². The summed E-state index contributed by atoms with van der Waals surface area (Å²) in [6.07, 6.45) is 1.74. The Hall–Kier alpha value is -2.58. The number of carbonyl (C=O) groups is 1. The van der Waals surface area contributed by atoms with Gasteiger partial charge in [0.05, 0.1) is 27.7 Å². The lowest BCUT2D eigenvalue weighted by atomic mass is 10.1. The van der Waals surface area contributed by atoms with Crippen molar-refractivity contribution in [2.45, 2.75) is 6.61 Å². The number of benzene rings is 3. The lowest BCUT2D eigenvalue weighted by Gasteiger charge is -2.15. The molecular formula is C24H16Cl2FNO3S2. The van der Waals surface area contributed by atoms with Crippen LogP contribution in [0, 0.1) is 5.82 Å². The highest BCUT2D eigenvalue weighted by molar-refractivity contribution is 8.27. The molecule has 3 aromatic carbocycles. The third kappa shape index (κ3) is 5.33. The Kier molecular flexibility index (Phi) is 7.24. The summed E-state index contributed by atoms with van der Waals surface area (Å²) in [5.41, 5.74) is 2.13. The number of halogens is 3. The van der Waals surface area contributed by atoms with Crippen LogP contribution in [0.3, 0.4) is 0 Å². The Labute approximate surface area is 209 Å². The van der Waals surface area contributed by atoms with Crippen LogP contribution in [-0.2, 0) is 11.4 Å². The Morgan fingerprint density at radius 3 is 2.48 bits per heavy atom. The summed E-state index contributed by atoms with van der Waals surface area (Å²) in [5, 5.41) is 0.739. The average Bonchev–Trinajstić information content (AvgIpc) is 3.08. The minimum absolute atomic E-state index is 0.251. The number of thiocarbonyl (C=S) groups is 1. The van der Waals surface area contributed by atoms with E-state index in [1.54, 1.807) is 48.5 Å². The molecule has 0 N–H and O–H groups in total. The first-order valence-corrected chi connectivity index (χ1v) is 11.6. The quantitative estimate of drug-likeness (QED) is 0.256. The molecule has 0 saturated carbocycles. The predicted octanol–water partition coefficient (Wildman–Crippen LogP) is 7.13. The molecule has 0 aromatic heterocycles. The standard InChI is InChI=1S/C24H16Cl2FNO3S2/c1-30-21-10-15(4-9-20(21)31-13-14-2-5-16(27)6-3-14)11-22-23(29)28(24(32)33-22)17-7-8-18(25)19(26)12-17/h2-12H,13H2,1H3/b22-11+. The number of nitrogens with zero attached hydrogens (tertiary/aromatic N) is 1. The van der Waals surface area contributed by atoms with Gasteiger partial charge in [0.15, 0.2) is 15.8 Å². The van der Waals surface area contributed by atoms with Gasteiger partial charge in [-0.2, -0.15) is 0 Å². The fraction of sp³-hybridized carbons (Fsp3) is 0.0833. The summed E-state index contributed by atoms with van der Waals surface area (Å²) in [5.74, 6) is 0.484. The number of hydrogen-bond donors (Lipinski definition) is 0. The molecule has 168 valence electrons. The molecule has 0 aliphatic carbocycles. The number of amides is 1. The molecule has 0 spiro atoms. The third-order valence-corrected chi connectivity index (χ3v) is 6.79. The predicted molar refractivity (Wildman–Crippen MR) is 136 cm³/mol. The molecule has 1 fully saturated rings. The van der Waals surface area contributed by atoms with Crippen LogP contribution in [0.15, 0.2) is 65.6 Å². The van der Waals surface area contributed by atoms with Crippen LogP contribution in [0.4, 0.5) is 10.1 Å². The SMILES string of the molecule is COc1cc(/C=C2/SC(=S)N(c3ccc(Cl)c(Cl)c3)C2=O)ccc1OCc1ccc(F)cc1. The van der Waals surface area contributed by atoms with E-state index < -0.39 is 0 Å². The van der Waals surface area contributed by atoms with Crippen molar-refractivity contribution in [3.05, 3.63) is 92.6 Å². The fourth-order valence-corrected chi connectivity index (χ4v) is 4.69. The number of methoxy groups -OCH3 is 1. The molecule has 0 radical (unpaired) electrons. The van der Waals surface area contributed by atoms with Crippen LogP contribution >= 0.6 is 47.2 Å². The van der Waals surface area contributed by atoms with Gasteiger partial charge in [0.2, 0.25) is 0 Å². The van der Waals surface area contributed by atoms with Crippen molar-refractivity contribution in [3.8, 4) is 11.5 Å². The van der Waals surface area contributed by atoms with Gasteiger partial charge in [0, 0.05) is 0 Å². The number of anilines is 1. The lowest BCUT2D eigenvalue weighted by Crippen LogP contribution is -2.27. The molecule has 3 aromatic rings. The molecule has 1 aliphatic rings. The maximum Gasteiger partial charge on any atom is 0.270 e. The molecule has 0 unspecified atom stereocenters. The number of ether oxygens (including phenoxy) is 2. The smallest absolute Gasteiger partial charge is 0.270 e. The van der Waals surface area contributed by atoms with Gasteiger partial charge in [0.25, 0.3) is 5.91 Å². The molecule has 1 heterocycles. The maximum absolute atomic E-state index is 13.1. The molecule has 4 rings (SSSR count). The highest BCUT2D eigenvalue weighted by Crippen LogP contribution is 2.39. The number of hydrogen-bond acceptors (Lipinski definition) is 5. The van der Waals surface area contributed by atoms with Crippen molar-refractivity contribution >= 4 is 69.2 Å². The van der Waals surface area contributed by atoms with E-state index in [4.69, 9.17) is 44.9 Å². The van der Waals surface area contributed by atoms with Gasteiger partial charge in [-0.05, 0) is 59.7 Å². The Bertz CT molecular complexity index is 1270. The third-order valence-electron chi connectivity index (χ3n) is 4.75. The Morgan fingerprint density at radius 2 is 1.79 bits per heavy atom. The van der Waals surface area contributed by atoms with Gasteiger partial charge in [-0.3, -0.25) is 9.69 Å². The summed E-state index contributed by atoms with van der Waals surface area (Å²) in [4.78, 5) is 14.9. The average molecular weight is 520 g/mol. The van der Waals surface area contributed by atoms with Crippen LogP contribution in [0.1, 0.15) is 11.1 Å². The van der Waals surface area contributed by atoms with Crippen molar-refractivity contribution in [3.63, 3.8) is 0 Å². The van der Waals surface area contributed by atoms with Crippen molar-refractivity contribution in [1.82, 2.24) is 0 Å². The van der Waals surface area contributed by atoms with E-state index in [2.05, 4.69) is 0 Å². The normalized spacial score (nSPS) is 14.8. The summed E-state index contributed by atoms with van der Waals surface area (Å²) < 4.78 is 24.7. The monoisotopic (exact) mass is 519 g/mol. The maximum atomic E-state index is 13.1. The van der Waals surface area contributed by atoms with Crippen molar-refractivity contribution in [2.24, 2.45) is 0 Å². The first-order chi connectivity index (χ1) is 15.9. The highest BCUT2D eigenvalue weighted by Gasteiger charge is 2.33. The van der Waals surface area contributed by atoms with Crippen LogP contribution in [0.5, 0.6) is 11.5 Å². The zero-order chi connectivity index (χ0) is 23.5. The summed E-state index contributed by atoms with van der Waals surface area (Å²) in [7, 11) is 1.54. The molecular weight excluding hydrogens is 504 g/mol. The summed E-state index contributed by atoms with van der Waals surface area (Å²) in [6.45, 7) is 0.262. The minimum Gasteiger partial charge on any atom is -0.493 e. The molecule has 1 saturated heterocycles. The second-order valence-corrected chi connectivity index (χ2v) is 9.43. The molecule has 0 atom stereocenters. The van der Waals surface area contributed by atoms with E-state index in [0.717, 1.165) is 11.1 Å². The van der Waals surface area contributed by atoms with Crippen molar-refractivity contribution in [2.75, 3.05) is 12.0 Å². The second kappa shape index (κ2) is 10.1. The molecule has 1 aliphatic heterocycles. The van der Waals surface area contributed by atoms with Crippen LogP contribution in [-0.4, -0.2) is 17.3 Å². The first kappa shape index (κ1) is 23.6. The van der Waals surface area contributed by atoms with Gasteiger partial charge in [-0.1, -0.05) is 65.4 Å². The number of rotatable bonds is 6. The number of thioether (sulfide) groups is 1. The molecule has 4 nitrogen and oxygen atoms in total. The van der Waals surface area contributed by atoms with E-state index in [1.807, 2.05) is 6.07 Å². The molecule has 9 heteroatoms. The Morgan fingerprint density at radius 1 is 1.03 bits per heavy atom. The van der Waals surface area contributed by atoms with E-state index in [9.17, 15) is 9.18 Å². The van der Waals surface area contributed by atoms with Gasteiger partial charge in [-0.25, -0.2) is 4.39 Å². The molecule has 1 amide bonds. The van der Waals surface area contributed by atoms with Crippen LogP contribution in [0.25, 0.3) is 6.08 Å². The molecule has 0 bridgehead atoms. The van der Waals surface area contributed by atoms with E-state index >= 15 is 0 Å². The minimum atomic E-state index is -0.301. The van der Waals surface area contributed by atoms with Crippen LogP contribution < -0.4 is 14.4 Å². The molecule has 33 heavy (non-hydrogen) atoms. The van der Waals surface area contributed by atoms with E-state index in [-0.39, 0.29) is 18.3 Å². The van der Waals surface area contributed by atoms with E-state index in [1.165, 1.54) is 35.9 Å². The second-order valence-electron chi connectivity index (χ2n) is 6.94. The van der Waals surface area contributed by atoms with E-state index in [0.29, 0.717) is 36.5 Å². The Balaban J connectivity index is 1.53. The zero-order valence-electron chi connectivity index (χ0n) is 17.2. The zero-order valence-corrected chi connectivity index (χ0v) is 20.3.